The van der Waals surface area contributed by atoms with Gasteiger partial charge in [-0.2, -0.15) is 4.31 Å². The summed E-state index contributed by atoms with van der Waals surface area (Å²) in [6.07, 6.45) is 4.90. The minimum absolute atomic E-state index is 0.203. The fraction of sp³-hybridized carbons (Fsp3) is 0.429. The molecule has 0 amide bonds. The van der Waals surface area contributed by atoms with Crippen LogP contribution in [-0.4, -0.2) is 40.8 Å². The molecule has 118 valence electrons. The van der Waals surface area contributed by atoms with E-state index in [2.05, 4.69) is 10.3 Å². The van der Waals surface area contributed by atoms with Gasteiger partial charge in [0.1, 0.15) is 0 Å². The minimum Gasteiger partial charge on any atom is -0.249 e. The molecule has 1 saturated heterocycles. The SMILES string of the molecule is Cc1c(Cl)cccc1S(=O)(=O)N1CCC(n2ccnn2)CC1. The first-order chi connectivity index (χ1) is 10.5. The summed E-state index contributed by atoms with van der Waals surface area (Å²) in [7, 11) is -3.50. The Morgan fingerprint density at radius 1 is 1.27 bits per heavy atom. The third-order valence-electron chi connectivity index (χ3n) is 4.07. The highest BCUT2D eigenvalue weighted by Gasteiger charge is 2.31. The smallest absolute Gasteiger partial charge is 0.243 e. The van der Waals surface area contributed by atoms with Gasteiger partial charge in [-0.15, -0.1) is 5.10 Å². The Labute approximate surface area is 134 Å². The summed E-state index contributed by atoms with van der Waals surface area (Å²) < 4.78 is 28.9. The number of aromatic nitrogens is 3. The lowest BCUT2D eigenvalue weighted by molar-refractivity contribution is 0.258. The number of sulfonamides is 1. The summed E-state index contributed by atoms with van der Waals surface area (Å²) in [5, 5.41) is 8.26. The number of nitrogens with zero attached hydrogens (tertiary/aromatic N) is 4. The number of hydrogen-bond acceptors (Lipinski definition) is 4. The van der Waals surface area contributed by atoms with E-state index in [1.807, 2.05) is 6.20 Å². The van der Waals surface area contributed by atoms with Crippen molar-refractivity contribution in [1.29, 1.82) is 0 Å². The van der Waals surface area contributed by atoms with Gasteiger partial charge in [0, 0.05) is 24.3 Å². The van der Waals surface area contributed by atoms with E-state index in [-0.39, 0.29) is 6.04 Å². The zero-order chi connectivity index (χ0) is 15.7. The monoisotopic (exact) mass is 340 g/mol. The molecule has 1 aromatic heterocycles. The molecule has 1 aromatic carbocycles. The molecule has 1 aliphatic rings. The van der Waals surface area contributed by atoms with Gasteiger partial charge >= 0.3 is 0 Å². The third kappa shape index (κ3) is 2.76. The van der Waals surface area contributed by atoms with Crippen LogP contribution in [0.1, 0.15) is 24.4 Å². The zero-order valence-corrected chi connectivity index (χ0v) is 13.8. The van der Waals surface area contributed by atoms with Crippen molar-refractivity contribution in [2.45, 2.75) is 30.7 Å². The molecule has 0 saturated carbocycles. The van der Waals surface area contributed by atoms with Crippen molar-refractivity contribution >= 4 is 21.6 Å². The van der Waals surface area contributed by atoms with Gasteiger partial charge in [0.25, 0.3) is 0 Å². The van der Waals surface area contributed by atoms with Gasteiger partial charge in [0.15, 0.2) is 0 Å². The fourth-order valence-electron chi connectivity index (χ4n) is 2.77. The molecule has 0 aliphatic carbocycles. The number of rotatable bonds is 3. The van der Waals surface area contributed by atoms with Gasteiger partial charge in [0.05, 0.1) is 17.1 Å². The lowest BCUT2D eigenvalue weighted by Gasteiger charge is -2.31. The summed E-state index contributed by atoms with van der Waals surface area (Å²) >= 11 is 6.05. The van der Waals surface area contributed by atoms with E-state index in [4.69, 9.17) is 11.6 Å². The molecule has 0 radical (unpaired) electrons. The molecular weight excluding hydrogens is 324 g/mol. The number of halogens is 1. The van der Waals surface area contributed by atoms with E-state index in [0.29, 0.717) is 28.6 Å². The van der Waals surface area contributed by atoms with Gasteiger partial charge in [-0.1, -0.05) is 22.9 Å². The first-order valence-corrected chi connectivity index (χ1v) is 8.93. The molecule has 8 heteroatoms. The lowest BCUT2D eigenvalue weighted by atomic mass is 10.1. The van der Waals surface area contributed by atoms with E-state index in [1.165, 1.54) is 4.31 Å². The summed E-state index contributed by atoms with van der Waals surface area (Å²) in [5.74, 6) is 0. The second-order valence-electron chi connectivity index (χ2n) is 5.38. The standard InChI is InChI=1S/C14H17ClN4O2S/c1-11-13(15)3-2-4-14(11)22(20,21)18-8-5-12(6-9-18)19-10-7-16-17-19/h2-4,7,10,12H,5-6,8-9H2,1H3. The molecule has 22 heavy (non-hydrogen) atoms. The van der Waals surface area contributed by atoms with Gasteiger partial charge in [0.2, 0.25) is 10.0 Å². The first-order valence-electron chi connectivity index (χ1n) is 7.11. The zero-order valence-electron chi connectivity index (χ0n) is 12.2. The largest absolute Gasteiger partial charge is 0.249 e. The molecular formula is C14H17ClN4O2S. The molecule has 6 nitrogen and oxygen atoms in total. The Morgan fingerprint density at radius 3 is 2.64 bits per heavy atom. The normalized spacial score (nSPS) is 17.7. The Hall–Kier alpha value is -1.44. The van der Waals surface area contributed by atoms with Gasteiger partial charge in [-0.25, -0.2) is 13.1 Å². The molecule has 2 heterocycles. The van der Waals surface area contributed by atoms with Crippen molar-refractivity contribution in [2.24, 2.45) is 0 Å². The fourth-order valence-corrected chi connectivity index (χ4v) is 4.71. The van der Waals surface area contributed by atoms with Crippen LogP contribution >= 0.6 is 11.6 Å². The average Bonchev–Trinajstić information content (AvgIpc) is 3.04. The second kappa shape index (κ2) is 5.98. The first kappa shape index (κ1) is 15.5. The van der Waals surface area contributed by atoms with Crippen molar-refractivity contribution in [3.63, 3.8) is 0 Å². The van der Waals surface area contributed by atoms with Crippen LogP contribution in [0.25, 0.3) is 0 Å². The van der Waals surface area contributed by atoms with Crippen LogP contribution in [0.3, 0.4) is 0 Å². The van der Waals surface area contributed by atoms with Crippen molar-refractivity contribution in [3.05, 3.63) is 41.2 Å². The Morgan fingerprint density at radius 2 is 2.00 bits per heavy atom. The highest BCUT2D eigenvalue weighted by atomic mass is 35.5. The highest BCUT2D eigenvalue weighted by molar-refractivity contribution is 7.89. The summed E-state index contributed by atoms with van der Waals surface area (Å²) in [6.45, 7) is 2.68. The van der Waals surface area contributed by atoms with Crippen molar-refractivity contribution < 1.29 is 8.42 Å². The van der Waals surface area contributed by atoms with Crippen LogP contribution in [-0.2, 0) is 10.0 Å². The highest BCUT2D eigenvalue weighted by Crippen LogP contribution is 2.29. The summed E-state index contributed by atoms with van der Waals surface area (Å²) in [4.78, 5) is 0.291. The van der Waals surface area contributed by atoms with Crippen LogP contribution in [0.4, 0.5) is 0 Å². The van der Waals surface area contributed by atoms with E-state index in [9.17, 15) is 8.42 Å². The molecule has 0 unspecified atom stereocenters. The third-order valence-corrected chi connectivity index (χ3v) is 6.53. The van der Waals surface area contributed by atoms with Crippen LogP contribution in [0.15, 0.2) is 35.5 Å². The van der Waals surface area contributed by atoms with Crippen molar-refractivity contribution in [2.75, 3.05) is 13.1 Å². The van der Waals surface area contributed by atoms with E-state index in [0.717, 1.165) is 12.8 Å². The topological polar surface area (TPSA) is 68.1 Å². The molecule has 0 bridgehead atoms. The molecule has 0 N–H and O–H groups in total. The molecule has 2 aromatic rings. The average molecular weight is 341 g/mol. The maximum Gasteiger partial charge on any atom is 0.243 e. The van der Waals surface area contributed by atoms with Crippen LogP contribution in [0.2, 0.25) is 5.02 Å². The molecule has 1 fully saturated rings. The maximum absolute atomic E-state index is 12.8. The Balaban J connectivity index is 1.79. The van der Waals surface area contributed by atoms with E-state index < -0.39 is 10.0 Å². The number of piperidine rings is 1. The van der Waals surface area contributed by atoms with Crippen molar-refractivity contribution in [1.82, 2.24) is 19.3 Å². The maximum atomic E-state index is 12.8. The molecule has 1 aliphatic heterocycles. The van der Waals surface area contributed by atoms with E-state index >= 15 is 0 Å². The summed E-state index contributed by atoms with van der Waals surface area (Å²) in [6, 6.07) is 5.19. The van der Waals surface area contributed by atoms with Crippen molar-refractivity contribution in [3.8, 4) is 0 Å². The summed E-state index contributed by atoms with van der Waals surface area (Å²) in [5.41, 5.74) is 0.600. The van der Waals surface area contributed by atoms with Crippen LogP contribution in [0, 0.1) is 6.92 Å². The van der Waals surface area contributed by atoms with Crippen LogP contribution < -0.4 is 0 Å². The van der Waals surface area contributed by atoms with Crippen LogP contribution in [0.5, 0.6) is 0 Å². The van der Waals surface area contributed by atoms with Gasteiger partial charge in [-0.3, -0.25) is 0 Å². The minimum atomic E-state index is -3.50. The molecule has 0 spiro atoms. The molecule has 0 atom stereocenters. The van der Waals surface area contributed by atoms with E-state index in [1.54, 1.807) is 36.0 Å². The van der Waals surface area contributed by atoms with Gasteiger partial charge in [-0.05, 0) is 37.5 Å². The number of hydrogen-bond donors (Lipinski definition) is 0. The Kier molecular flexibility index (Phi) is 4.20. The molecule has 3 rings (SSSR count). The van der Waals surface area contributed by atoms with Gasteiger partial charge < -0.3 is 0 Å². The quantitative estimate of drug-likeness (QED) is 0.859. The predicted molar refractivity (Wildman–Crippen MR) is 83.2 cm³/mol. The Bertz CT molecular complexity index is 753. The lowest BCUT2D eigenvalue weighted by Crippen LogP contribution is -2.39. The predicted octanol–water partition coefficient (Wildman–Crippen LogP) is 2.27. The second-order valence-corrected chi connectivity index (χ2v) is 7.69. The number of benzene rings is 1.